The van der Waals surface area contributed by atoms with Crippen molar-refractivity contribution >= 4 is 34.0 Å². The molecular weight excluding hydrogens is 435 g/mol. The lowest BCUT2D eigenvalue weighted by Crippen LogP contribution is -2.16. The molecule has 0 bridgehead atoms. The number of nitrogens with zero attached hydrogens (tertiary/aromatic N) is 3. The van der Waals surface area contributed by atoms with Gasteiger partial charge in [0, 0.05) is 30.6 Å². The summed E-state index contributed by atoms with van der Waals surface area (Å²) in [6, 6.07) is 4.42. The van der Waals surface area contributed by atoms with Gasteiger partial charge in [-0.1, -0.05) is 11.6 Å². The summed E-state index contributed by atoms with van der Waals surface area (Å²) in [4.78, 5) is 28.6. The second kappa shape index (κ2) is 9.33. The summed E-state index contributed by atoms with van der Waals surface area (Å²) >= 11 is 6.69. The number of aliphatic hydroxyl groups is 1. The zero-order valence-electron chi connectivity index (χ0n) is 16.1. The van der Waals surface area contributed by atoms with Gasteiger partial charge in [-0.05, 0) is 42.9 Å². The van der Waals surface area contributed by atoms with Crippen LogP contribution in [0.25, 0.3) is 11.1 Å². The van der Waals surface area contributed by atoms with Crippen LogP contribution in [-0.4, -0.2) is 39.5 Å². The summed E-state index contributed by atoms with van der Waals surface area (Å²) in [6.45, 7) is 1.84. The van der Waals surface area contributed by atoms with Gasteiger partial charge >= 0.3 is 4.87 Å². The lowest BCUT2D eigenvalue weighted by Gasteiger charge is -2.14. The van der Waals surface area contributed by atoms with Crippen LogP contribution < -0.4 is 14.9 Å². The minimum Gasteiger partial charge on any atom is -0.496 e. The van der Waals surface area contributed by atoms with Crippen molar-refractivity contribution in [1.82, 2.24) is 14.8 Å². The van der Waals surface area contributed by atoms with Gasteiger partial charge in [-0.15, -0.1) is 5.10 Å². The number of benzene rings is 1. The molecule has 2 N–H and O–H groups in total. The smallest absolute Gasteiger partial charge is 0.326 e. The number of aromatic nitrogens is 3. The van der Waals surface area contributed by atoms with E-state index in [4.69, 9.17) is 21.4 Å². The van der Waals surface area contributed by atoms with Crippen LogP contribution in [0.2, 0.25) is 5.02 Å². The summed E-state index contributed by atoms with van der Waals surface area (Å²) in [5, 5.41) is 15.4. The lowest BCUT2D eigenvalue weighted by molar-refractivity contribution is 0.102. The van der Waals surface area contributed by atoms with Gasteiger partial charge in [0.05, 0.1) is 23.3 Å². The normalized spacial score (nSPS) is 10.8. The molecule has 3 aromatic rings. The average molecular weight is 453 g/mol. The number of carbonyl (C=O) groups excluding carboxylic acids is 1. The molecule has 0 saturated heterocycles. The van der Waals surface area contributed by atoms with Crippen LogP contribution in [0.1, 0.15) is 22.5 Å². The Labute approximate surface area is 179 Å². The minimum atomic E-state index is -0.728. The Morgan fingerprint density at radius 2 is 2.20 bits per heavy atom. The van der Waals surface area contributed by atoms with Crippen molar-refractivity contribution in [2.24, 2.45) is 0 Å². The van der Waals surface area contributed by atoms with Crippen molar-refractivity contribution in [3.8, 4) is 16.9 Å². The van der Waals surface area contributed by atoms with Gasteiger partial charge in [0.25, 0.3) is 5.91 Å². The third-order valence-corrected chi connectivity index (χ3v) is 5.24. The zero-order chi connectivity index (χ0) is 21.8. The number of amides is 1. The van der Waals surface area contributed by atoms with Crippen molar-refractivity contribution < 1.29 is 19.0 Å². The van der Waals surface area contributed by atoms with Crippen LogP contribution in [0.5, 0.6) is 5.75 Å². The number of ether oxygens (including phenoxy) is 1. The van der Waals surface area contributed by atoms with Gasteiger partial charge in [0.15, 0.2) is 5.82 Å². The van der Waals surface area contributed by atoms with Gasteiger partial charge in [-0.25, -0.2) is 9.07 Å². The first-order chi connectivity index (χ1) is 14.3. The second-order valence-corrected chi connectivity index (χ2v) is 7.58. The number of aliphatic hydroxyl groups excluding tert-OH is 1. The Morgan fingerprint density at radius 3 is 2.90 bits per heavy atom. The predicted octanol–water partition coefficient (Wildman–Crippen LogP) is 3.11. The van der Waals surface area contributed by atoms with E-state index in [2.05, 4.69) is 15.4 Å². The highest BCUT2D eigenvalue weighted by molar-refractivity contribution is 7.13. The Bertz CT molecular complexity index is 1150. The molecule has 11 heteroatoms. The maximum Gasteiger partial charge on any atom is 0.326 e. The van der Waals surface area contributed by atoms with E-state index in [9.17, 15) is 14.0 Å². The van der Waals surface area contributed by atoms with Crippen LogP contribution in [0.15, 0.2) is 29.2 Å². The third-order valence-electron chi connectivity index (χ3n) is 4.19. The largest absolute Gasteiger partial charge is 0.496 e. The molecule has 30 heavy (non-hydrogen) atoms. The van der Waals surface area contributed by atoms with E-state index in [0.717, 1.165) is 16.0 Å². The zero-order valence-corrected chi connectivity index (χ0v) is 17.7. The molecule has 0 unspecified atom stereocenters. The van der Waals surface area contributed by atoms with Crippen molar-refractivity contribution in [2.45, 2.75) is 19.9 Å². The number of carbonyl (C=O) groups is 1. The van der Waals surface area contributed by atoms with Crippen LogP contribution in [0.4, 0.5) is 9.52 Å². The van der Waals surface area contributed by atoms with Gasteiger partial charge in [0.2, 0.25) is 5.13 Å². The quantitative estimate of drug-likeness (QED) is 0.570. The van der Waals surface area contributed by atoms with E-state index in [1.807, 2.05) is 0 Å². The summed E-state index contributed by atoms with van der Waals surface area (Å²) in [7, 11) is 1.39. The average Bonchev–Trinajstić information content (AvgIpc) is 3.06. The number of aryl methyl sites for hydroxylation is 2. The summed E-state index contributed by atoms with van der Waals surface area (Å²) in [6.07, 6.45) is 1.67. The molecule has 0 aliphatic heterocycles. The Morgan fingerprint density at radius 1 is 1.43 bits per heavy atom. The summed E-state index contributed by atoms with van der Waals surface area (Å²) < 4.78 is 21.3. The van der Waals surface area contributed by atoms with Crippen LogP contribution in [0.3, 0.4) is 0 Å². The number of pyridine rings is 1. The van der Waals surface area contributed by atoms with E-state index in [-0.39, 0.29) is 50.6 Å². The van der Waals surface area contributed by atoms with Crippen molar-refractivity contribution in [2.75, 3.05) is 19.0 Å². The fourth-order valence-corrected chi connectivity index (χ4v) is 3.63. The number of nitrogens with one attached hydrogen (secondary N) is 1. The van der Waals surface area contributed by atoms with E-state index in [0.29, 0.717) is 12.1 Å². The number of methoxy groups -OCH3 is 1. The number of halogens is 2. The second-order valence-electron chi connectivity index (χ2n) is 6.24. The van der Waals surface area contributed by atoms with Crippen molar-refractivity contribution in [3.05, 3.63) is 56.2 Å². The molecule has 0 radical (unpaired) electrons. The molecule has 0 aliphatic carbocycles. The summed E-state index contributed by atoms with van der Waals surface area (Å²) in [5.41, 5.74) is 0.886. The number of anilines is 1. The highest BCUT2D eigenvalue weighted by Gasteiger charge is 2.23. The van der Waals surface area contributed by atoms with E-state index in [1.165, 1.54) is 25.4 Å². The van der Waals surface area contributed by atoms with Gasteiger partial charge in [0.1, 0.15) is 5.75 Å². The molecule has 1 amide bonds. The van der Waals surface area contributed by atoms with Crippen molar-refractivity contribution in [3.63, 3.8) is 0 Å². The molecule has 2 heterocycles. The molecule has 0 aliphatic rings. The molecule has 158 valence electrons. The lowest BCUT2D eigenvalue weighted by atomic mass is 9.98. The van der Waals surface area contributed by atoms with Gasteiger partial charge in [-0.2, -0.15) is 0 Å². The number of hydrogen-bond donors (Lipinski definition) is 2. The fraction of sp³-hybridized carbons (Fsp3) is 0.263. The highest BCUT2D eigenvalue weighted by atomic mass is 35.5. The molecule has 0 saturated carbocycles. The first-order valence-corrected chi connectivity index (χ1v) is 10.0. The Hall–Kier alpha value is -2.82. The van der Waals surface area contributed by atoms with E-state index >= 15 is 0 Å². The third kappa shape index (κ3) is 4.50. The number of rotatable bonds is 7. The van der Waals surface area contributed by atoms with Crippen molar-refractivity contribution in [1.29, 1.82) is 0 Å². The fourth-order valence-electron chi connectivity index (χ4n) is 2.78. The maximum absolute atomic E-state index is 14.9. The van der Waals surface area contributed by atoms with Gasteiger partial charge < -0.3 is 9.84 Å². The maximum atomic E-state index is 14.9. The van der Waals surface area contributed by atoms with Gasteiger partial charge in [-0.3, -0.25) is 19.9 Å². The van der Waals surface area contributed by atoms with Crippen LogP contribution in [-0.2, 0) is 6.54 Å². The standard InChI is InChI=1S/C19H18ClFN4O4S/c1-10-8-11(15-14(29-2)5-4-13(20)16(15)21)12(9-22-10)17(27)23-18-24-25(6-3-7-26)19(28)30-18/h4-5,8-9,26H,3,6-7H2,1-2H3,(H,23,24,27). The summed E-state index contributed by atoms with van der Waals surface area (Å²) in [5.74, 6) is -1.15. The minimum absolute atomic E-state index is 0.0299. The van der Waals surface area contributed by atoms with Crippen LogP contribution >= 0.6 is 22.9 Å². The topological polar surface area (TPSA) is 106 Å². The first-order valence-electron chi connectivity index (χ1n) is 8.85. The first kappa shape index (κ1) is 21.9. The molecule has 0 fully saturated rings. The molecule has 3 rings (SSSR count). The predicted molar refractivity (Wildman–Crippen MR) is 112 cm³/mol. The molecular formula is C19H18ClFN4O4S. The molecule has 0 atom stereocenters. The highest BCUT2D eigenvalue weighted by Crippen LogP contribution is 2.38. The Kier molecular flexibility index (Phi) is 6.80. The Balaban J connectivity index is 2.02. The monoisotopic (exact) mass is 452 g/mol. The van der Waals surface area contributed by atoms with Crippen LogP contribution in [0, 0.1) is 12.7 Å². The van der Waals surface area contributed by atoms with E-state index in [1.54, 1.807) is 13.0 Å². The molecule has 1 aromatic carbocycles. The number of hydrogen-bond acceptors (Lipinski definition) is 7. The molecule has 2 aromatic heterocycles. The van der Waals surface area contributed by atoms with E-state index < -0.39 is 11.7 Å². The molecule has 0 spiro atoms. The SMILES string of the molecule is COc1ccc(Cl)c(F)c1-c1cc(C)ncc1C(=O)Nc1nn(CCCO)c(=O)s1. The molecule has 8 nitrogen and oxygen atoms in total.